The van der Waals surface area contributed by atoms with Crippen molar-refractivity contribution >= 4 is 0 Å². The van der Waals surface area contributed by atoms with E-state index in [9.17, 15) is 0 Å². The van der Waals surface area contributed by atoms with Crippen LogP contribution >= 0.6 is 0 Å². The van der Waals surface area contributed by atoms with Crippen LogP contribution in [-0.4, -0.2) is 9.97 Å². The summed E-state index contributed by atoms with van der Waals surface area (Å²) >= 11 is 0. The maximum atomic E-state index is 4.88. The van der Waals surface area contributed by atoms with E-state index in [1.807, 2.05) is 18.2 Å². The van der Waals surface area contributed by atoms with Crippen LogP contribution in [0.15, 0.2) is 85.1 Å². The standard InChI is InChI=1S/C24H20N2/c1-17-6-10-19(11-7-17)21-15-23(20-12-8-18(2)9-13-20)26-24(16-21)22-5-3-4-14-25-22/h3-16H,1-2H3. The highest BCUT2D eigenvalue weighted by molar-refractivity contribution is 5.75. The third-order valence-electron chi connectivity index (χ3n) is 4.48. The first-order valence-corrected chi connectivity index (χ1v) is 8.77. The molecule has 126 valence electrons. The van der Waals surface area contributed by atoms with Gasteiger partial charge >= 0.3 is 0 Å². The second-order valence-electron chi connectivity index (χ2n) is 6.57. The lowest BCUT2D eigenvalue weighted by Gasteiger charge is -2.10. The first kappa shape index (κ1) is 16.2. The van der Waals surface area contributed by atoms with Gasteiger partial charge in [-0.15, -0.1) is 0 Å². The van der Waals surface area contributed by atoms with Crippen molar-refractivity contribution in [3.63, 3.8) is 0 Å². The second kappa shape index (κ2) is 6.93. The highest BCUT2D eigenvalue weighted by atomic mass is 14.8. The van der Waals surface area contributed by atoms with Gasteiger partial charge in [-0.3, -0.25) is 4.98 Å². The van der Waals surface area contributed by atoms with Crippen LogP contribution in [0, 0.1) is 13.8 Å². The van der Waals surface area contributed by atoms with Crippen LogP contribution in [0.4, 0.5) is 0 Å². The molecule has 2 aromatic carbocycles. The van der Waals surface area contributed by atoms with E-state index in [4.69, 9.17) is 4.98 Å². The van der Waals surface area contributed by atoms with Gasteiger partial charge in [-0.2, -0.15) is 0 Å². The monoisotopic (exact) mass is 336 g/mol. The number of nitrogens with zero attached hydrogens (tertiary/aromatic N) is 2. The summed E-state index contributed by atoms with van der Waals surface area (Å²) in [5.74, 6) is 0. The average molecular weight is 336 g/mol. The molecule has 4 rings (SSSR count). The van der Waals surface area contributed by atoms with E-state index in [1.165, 1.54) is 16.7 Å². The van der Waals surface area contributed by atoms with Crippen LogP contribution in [0.5, 0.6) is 0 Å². The van der Waals surface area contributed by atoms with Crippen LogP contribution in [0.2, 0.25) is 0 Å². The smallest absolute Gasteiger partial charge is 0.0899 e. The maximum Gasteiger partial charge on any atom is 0.0899 e. The van der Waals surface area contributed by atoms with Crippen LogP contribution in [0.25, 0.3) is 33.8 Å². The minimum absolute atomic E-state index is 0.884. The summed E-state index contributed by atoms with van der Waals surface area (Å²) in [6.45, 7) is 4.20. The van der Waals surface area contributed by atoms with E-state index in [1.54, 1.807) is 6.20 Å². The van der Waals surface area contributed by atoms with Crippen LogP contribution in [-0.2, 0) is 0 Å². The molecule has 0 amide bonds. The molecule has 0 atom stereocenters. The zero-order valence-electron chi connectivity index (χ0n) is 15.0. The van der Waals surface area contributed by atoms with E-state index in [2.05, 4.69) is 79.5 Å². The number of aromatic nitrogens is 2. The molecule has 2 nitrogen and oxygen atoms in total. The van der Waals surface area contributed by atoms with Crippen LogP contribution in [0.3, 0.4) is 0 Å². The fourth-order valence-corrected chi connectivity index (χ4v) is 2.96. The van der Waals surface area contributed by atoms with Gasteiger partial charge < -0.3 is 0 Å². The Morgan fingerprint density at radius 3 is 1.77 bits per heavy atom. The zero-order chi connectivity index (χ0) is 17.9. The van der Waals surface area contributed by atoms with E-state index in [0.717, 1.165) is 28.2 Å². The highest BCUT2D eigenvalue weighted by Crippen LogP contribution is 2.29. The molecule has 0 aliphatic heterocycles. The van der Waals surface area contributed by atoms with Crippen molar-refractivity contribution in [1.29, 1.82) is 0 Å². The number of rotatable bonds is 3. The van der Waals surface area contributed by atoms with Gasteiger partial charge in [0.05, 0.1) is 17.1 Å². The minimum atomic E-state index is 0.884. The van der Waals surface area contributed by atoms with Gasteiger partial charge in [-0.25, -0.2) is 4.98 Å². The average Bonchev–Trinajstić information content (AvgIpc) is 2.69. The Hall–Kier alpha value is -3.26. The molecule has 0 unspecified atom stereocenters. The molecule has 0 radical (unpaired) electrons. The summed E-state index contributed by atoms with van der Waals surface area (Å²) in [5, 5.41) is 0. The van der Waals surface area contributed by atoms with Gasteiger partial charge in [0, 0.05) is 11.8 Å². The Bertz CT molecular complexity index is 954. The van der Waals surface area contributed by atoms with Crippen molar-refractivity contribution in [2.75, 3.05) is 0 Å². The predicted molar refractivity (Wildman–Crippen MR) is 108 cm³/mol. The molecule has 0 aliphatic rings. The fourth-order valence-electron chi connectivity index (χ4n) is 2.96. The lowest BCUT2D eigenvalue weighted by Crippen LogP contribution is -1.92. The Morgan fingerprint density at radius 1 is 0.538 bits per heavy atom. The third-order valence-corrected chi connectivity index (χ3v) is 4.48. The van der Waals surface area contributed by atoms with Gasteiger partial charge in [0.15, 0.2) is 0 Å². The molecular formula is C24H20N2. The number of hydrogen-bond acceptors (Lipinski definition) is 2. The summed E-state index contributed by atoms with van der Waals surface area (Å²) in [4.78, 5) is 9.37. The normalized spacial score (nSPS) is 10.7. The van der Waals surface area contributed by atoms with Crippen LogP contribution in [0.1, 0.15) is 11.1 Å². The Kier molecular flexibility index (Phi) is 4.32. The molecule has 4 aromatic rings. The predicted octanol–water partition coefficient (Wildman–Crippen LogP) is 6.09. The van der Waals surface area contributed by atoms with E-state index < -0.39 is 0 Å². The lowest BCUT2D eigenvalue weighted by atomic mass is 10.00. The maximum absolute atomic E-state index is 4.88. The highest BCUT2D eigenvalue weighted by Gasteiger charge is 2.09. The number of aryl methyl sites for hydroxylation is 2. The van der Waals surface area contributed by atoms with Crippen molar-refractivity contribution in [1.82, 2.24) is 9.97 Å². The van der Waals surface area contributed by atoms with Gasteiger partial charge in [-0.1, -0.05) is 65.7 Å². The summed E-state index contributed by atoms with van der Waals surface area (Å²) in [7, 11) is 0. The third kappa shape index (κ3) is 3.40. The topological polar surface area (TPSA) is 25.8 Å². The second-order valence-corrected chi connectivity index (χ2v) is 6.57. The number of hydrogen-bond donors (Lipinski definition) is 0. The largest absolute Gasteiger partial charge is 0.255 e. The SMILES string of the molecule is Cc1ccc(-c2cc(-c3ccc(C)cc3)nc(-c3ccccn3)c2)cc1. The first-order chi connectivity index (χ1) is 12.7. The molecule has 2 aromatic heterocycles. The van der Waals surface area contributed by atoms with Crippen molar-refractivity contribution in [2.45, 2.75) is 13.8 Å². The minimum Gasteiger partial charge on any atom is -0.255 e. The Labute approximate surface area is 154 Å². The first-order valence-electron chi connectivity index (χ1n) is 8.77. The lowest BCUT2D eigenvalue weighted by molar-refractivity contribution is 1.25. The number of benzene rings is 2. The van der Waals surface area contributed by atoms with E-state index in [-0.39, 0.29) is 0 Å². The summed E-state index contributed by atoms with van der Waals surface area (Å²) in [5.41, 5.74) is 8.68. The fraction of sp³-hybridized carbons (Fsp3) is 0.0833. The Morgan fingerprint density at radius 2 is 1.15 bits per heavy atom. The molecule has 0 bridgehead atoms. The van der Waals surface area contributed by atoms with Gasteiger partial charge in [0.1, 0.15) is 0 Å². The van der Waals surface area contributed by atoms with Crippen molar-refractivity contribution in [2.24, 2.45) is 0 Å². The molecule has 2 heteroatoms. The molecule has 0 N–H and O–H groups in total. The Balaban J connectivity index is 1.89. The summed E-state index contributed by atoms with van der Waals surface area (Å²) < 4.78 is 0. The summed E-state index contributed by atoms with van der Waals surface area (Å²) in [6, 6.07) is 27.3. The molecule has 0 saturated heterocycles. The molecule has 0 aliphatic carbocycles. The number of pyridine rings is 2. The van der Waals surface area contributed by atoms with Crippen molar-refractivity contribution < 1.29 is 0 Å². The van der Waals surface area contributed by atoms with Gasteiger partial charge in [-0.05, 0) is 49.2 Å². The molecule has 0 spiro atoms. The van der Waals surface area contributed by atoms with E-state index >= 15 is 0 Å². The molecule has 2 heterocycles. The van der Waals surface area contributed by atoms with Gasteiger partial charge in [0.25, 0.3) is 0 Å². The van der Waals surface area contributed by atoms with Gasteiger partial charge in [0.2, 0.25) is 0 Å². The van der Waals surface area contributed by atoms with Crippen LogP contribution < -0.4 is 0 Å². The summed E-state index contributed by atoms with van der Waals surface area (Å²) in [6.07, 6.45) is 1.81. The molecule has 0 fully saturated rings. The van der Waals surface area contributed by atoms with Crippen molar-refractivity contribution in [3.8, 4) is 33.8 Å². The molecule has 26 heavy (non-hydrogen) atoms. The molecular weight excluding hydrogens is 316 g/mol. The quantitative estimate of drug-likeness (QED) is 0.452. The molecule has 0 saturated carbocycles. The zero-order valence-corrected chi connectivity index (χ0v) is 15.0. The van der Waals surface area contributed by atoms with Crippen molar-refractivity contribution in [3.05, 3.63) is 96.2 Å². The van der Waals surface area contributed by atoms with E-state index in [0.29, 0.717) is 0 Å².